The SMILES string of the molecule is CO[Si](CCCC(CCCCCC(F)(F)COCC(F)(F)OC(F)(F)CC(F)(F)COCC(F)(F)OC(F)(F)F)CCC[Si](OC)(OC)OC)(OC)OC. The highest BCUT2D eigenvalue weighted by molar-refractivity contribution is 6.60. The minimum absolute atomic E-state index is 0.0560. The molecule has 0 aliphatic rings. The number of ether oxygens (including phenoxy) is 4. The van der Waals surface area contributed by atoms with Gasteiger partial charge in [-0.2, -0.15) is 26.3 Å². The Labute approximate surface area is 308 Å². The minimum Gasteiger partial charge on any atom is -0.377 e. The third-order valence-electron chi connectivity index (χ3n) is 7.91. The average molecular weight is 863 g/mol. The second-order valence-corrected chi connectivity index (χ2v) is 18.5. The Morgan fingerprint density at radius 2 is 0.815 bits per heavy atom. The summed E-state index contributed by atoms with van der Waals surface area (Å²) in [7, 11) is 3.35. The lowest BCUT2D eigenvalue weighted by atomic mass is 9.92. The van der Waals surface area contributed by atoms with Crippen molar-refractivity contribution in [1.29, 1.82) is 0 Å². The summed E-state index contributed by atoms with van der Waals surface area (Å²) in [6.07, 6.45) is -20.9. The highest BCUT2D eigenvalue weighted by Crippen LogP contribution is 2.37. The van der Waals surface area contributed by atoms with Crippen molar-refractivity contribution in [2.45, 2.75) is 113 Å². The molecule has 0 aromatic heterocycles. The van der Waals surface area contributed by atoms with Gasteiger partial charge in [-0.1, -0.05) is 32.1 Å². The molecule has 0 spiro atoms. The van der Waals surface area contributed by atoms with Gasteiger partial charge in [-0.25, -0.2) is 22.3 Å². The Balaban J connectivity index is 4.89. The van der Waals surface area contributed by atoms with E-state index in [-0.39, 0.29) is 12.3 Å². The number of hydrogen-bond donors (Lipinski definition) is 0. The zero-order valence-corrected chi connectivity index (χ0v) is 32.9. The molecule has 0 aromatic carbocycles. The summed E-state index contributed by atoms with van der Waals surface area (Å²) >= 11 is 0. The zero-order valence-electron chi connectivity index (χ0n) is 30.9. The maximum Gasteiger partial charge on any atom is 0.527 e. The molecule has 10 nitrogen and oxygen atoms in total. The Hall–Kier alpha value is -0.876. The molecule has 0 aliphatic heterocycles. The van der Waals surface area contributed by atoms with Crippen molar-refractivity contribution in [2.24, 2.45) is 5.92 Å². The predicted octanol–water partition coefficient (Wildman–Crippen LogP) is 8.90. The summed E-state index contributed by atoms with van der Waals surface area (Å²) in [5.41, 5.74) is 0. The van der Waals surface area contributed by atoms with E-state index in [9.17, 15) is 57.1 Å². The largest absolute Gasteiger partial charge is 0.527 e. The number of alkyl halides is 13. The van der Waals surface area contributed by atoms with Crippen LogP contribution in [0, 0.1) is 5.92 Å². The van der Waals surface area contributed by atoms with E-state index in [1.54, 1.807) is 0 Å². The number of hydrogen-bond acceptors (Lipinski definition) is 10. The maximum absolute atomic E-state index is 14.3. The summed E-state index contributed by atoms with van der Waals surface area (Å²) in [5, 5.41) is 0. The molecule has 0 aliphatic carbocycles. The van der Waals surface area contributed by atoms with Crippen LogP contribution in [0.2, 0.25) is 12.1 Å². The molecule has 326 valence electrons. The van der Waals surface area contributed by atoms with Crippen LogP contribution in [0.1, 0.15) is 64.2 Å². The van der Waals surface area contributed by atoms with Gasteiger partial charge in [0.25, 0.3) is 11.8 Å². The minimum atomic E-state index is -5.90. The molecule has 0 saturated heterocycles. The molecule has 25 heteroatoms. The Bertz CT molecular complexity index is 968. The topological polar surface area (TPSA) is 92.3 Å². The molecule has 0 bridgehead atoms. The van der Waals surface area contributed by atoms with Gasteiger partial charge in [-0.15, -0.1) is 13.2 Å². The second kappa shape index (κ2) is 23.5. The smallest absolute Gasteiger partial charge is 0.377 e. The lowest BCUT2D eigenvalue weighted by Gasteiger charge is -2.27. The van der Waals surface area contributed by atoms with Crippen molar-refractivity contribution < 1.29 is 103 Å². The van der Waals surface area contributed by atoms with Crippen LogP contribution in [-0.4, -0.2) is 123 Å². The van der Waals surface area contributed by atoms with Crippen molar-refractivity contribution >= 4 is 17.6 Å². The molecule has 0 atom stereocenters. The van der Waals surface area contributed by atoms with Gasteiger partial charge in [-0.05, 0) is 25.2 Å². The van der Waals surface area contributed by atoms with E-state index in [1.165, 1.54) is 42.7 Å². The van der Waals surface area contributed by atoms with Gasteiger partial charge in [0.2, 0.25) is 0 Å². The number of unbranched alkanes of at least 4 members (excludes halogenated alkanes) is 2. The lowest BCUT2D eigenvalue weighted by molar-refractivity contribution is -0.432. The molecule has 0 saturated carbocycles. The first-order valence-electron chi connectivity index (χ1n) is 16.5. The zero-order chi connectivity index (χ0) is 42.0. The van der Waals surface area contributed by atoms with Gasteiger partial charge in [-0.3, -0.25) is 4.74 Å². The summed E-state index contributed by atoms with van der Waals surface area (Å²) in [6.45, 7) is -8.65. The fraction of sp³-hybridized carbons (Fsp3) is 1.00. The van der Waals surface area contributed by atoms with E-state index in [1.807, 2.05) is 0 Å². The van der Waals surface area contributed by atoms with Gasteiger partial charge in [0, 0.05) is 61.2 Å². The molecule has 0 aromatic rings. The van der Waals surface area contributed by atoms with Crippen molar-refractivity contribution in [1.82, 2.24) is 0 Å². The van der Waals surface area contributed by atoms with Crippen LogP contribution >= 0.6 is 0 Å². The maximum atomic E-state index is 14.3. The summed E-state index contributed by atoms with van der Waals surface area (Å²) in [6, 6.07) is 1.10. The van der Waals surface area contributed by atoms with E-state index < -0.39 is 93.4 Å². The summed E-state index contributed by atoms with van der Waals surface area (Å²) < 4.78 is 219. The van der Waals surface area contributed by atoms with E-state index in [0.717, 1.165) is 12.8 Å². The number of halogens is 13. The van der Waals surface area contributed by atoms with Crippen molar-refractivity contribution in [3.8, 4) is 0 Å². The fourth-order valence-corrected chi connectivity index (χ4v) is 8.80. The van der Waals surface area contributed by atoms with Crippen LogP contribution in [0.4, 0.5) is 57.1 Å². The first kappa shape index (κ1) is 53.1. The third kappa shape index (κ3) is 23.4. The van der Waals surface area contributed by atoms with Crippen LogP contribution in [-0.2, 0) is 45.5 Å². The van der Waals surface area contributed by atoms with Crippen molar-refractivity contribution in [2.75, 3.05) is 69.1 Å². The second-order valence-electron chi connectivity index (χ2n) is 12.3. The summed E-state index contributed by atoms with van der Waals surface area (Å²) in [5.74, 6) is -8.39. The van der Waals surface area contributed by atoms with E-state index >= 15 is 0 Å². The predicted molar refractivity (Wildman–Crippen MR) is 167 cm³/mol. The van der Waals surface area contributed by atoms with Gasteiger partial charge >= 0.3 is 42.3 Å². The van der Waals surface area contributed by atoms with Crippen LogP contribution in [0.15, 0.2) is 0 Å². The van der Waals surface area contributed by atoms with Crippen LogP contribution < -0.4 is 0 Å². The van der Waals surface area contributed by atoms with Gasteiger partial charge < -0.3 is 36.0 Å². The molecule has 0 N–H and O–H groups in total. The highest BCUT2D eigenvalue weighted by atomic mass is 28.4. The average Bonchev–Trinajstić information content (AvgIpc) is 3.02. The Kier molecular flexibility index (Phi) is 23.1. The molecule has 54 heavy (non-hydrogen) atoms. The molecule has 0 heterocycles. The lowest BCUT2D eigenvalue weighted by Crippen LogP contribution is -2.43. The van der Waals surface area contributed by atoms with Gasteiger partial charge in [0.05, 0.1) is 0 Å². The molecular weight excluding hydrogens is 811 g/mol. The van der Waals surface area contributed by atoms with E-state index in [2.05, 4.69) is 18.9 Å². The van der Waals surface area contributed by atoms with Crippen molar-refractivity contribution in [3.05, 3.63) is 0 Å². The summed E-state index contributed by atoms with van der Waals surface area (Å²) in [4.78, 5) is 0. The standard InChI is InChI=1S/C29H51F13O10Si2/c1-43-53(44-2,45-3)16-10-13-23(14-11-17-54(46-4,47-5)48-6)12-8-7-9-15-24(30,31)19-49-21-27(36,37)51-26(34,35)18-25(32,33)20-50-22-28(38,39)52-29(40,41)42/h23H,7-22H2,1-6H3. The molecule has 0 rings (SSSR count). The van der Waals surface area contributed by atoms with Crippen LogP contribution in [0.5, 0.6) is 0 Å². The highest BCUT2D eigenvalue weighted by Gasteiger charge is 2.52. The van der Waals surface area contributed by atoms with E-state index in [4.69, 9.17) is 26.6 Å². The fourth-order valence-electron chi connectivity index (χ4n) is 5.30. The van der Waals surface area contributed by atoms with Crippen LogP contribution in [0.3, 0.4) is 0 Å². The molecule has 0 radical (unpaired) electrons. The van der Waals surface area contributed by atoms with E-state index in [0.29, 0.717) is 44.2 Å². The Morgan fingerprint density at radius 1 is 0.426 bits per heavy atom. The molecule has 0 unspecified atom stereocenters. The monoisotopic (exact) mass is 862 g/mol. The number of rotatable bonds is 33. The van der Waals surface area contributed by atoms with Gasteiger partial charge in [0.15, 0.2) is 0 Å². The molecule has 0 fully saturated rings. The first-order valence-corrected chi connectivity index (χ1v) is 20.4. The van der Waals surface area contributed by atoms with Crippen LogP contribution in [0.25, 0.3) is 0 Å². The third-order valence-corrected chi connectivity index (χ3v) is 13.6. The van der Waals surface area contributed by atoms with Crippen molar-refractivity contribution in [3.63, 3.8) is 0 Å². The first-order chi connectivity index (χ1) is 24.7. The Morgan fingerprint density at radius 3 is 1.22 bits per heavy atom. The molecular formula is C29H51F13O10Si2. The van der Waals surface area contributed by atoms with Gasteiger partial charge in [0.1, 0.15) is 32.8 Å². The normalized spacial score (nSPS) is 14.4. The molecule has 0 amide bonds. The quantitative estimate of drug-likeness (QED) is 0.0362.